The fraction of sp³-hybridized carbons (Fsp3) is 0.314. The number of methoxy groups -OCH3 is 2. The van der Waals surface area contributed by atoms with E-state index < -0.39 is 24.0 Å². The van der Waals surface area contributed by atoms with Gasteiger partial charge in [-0.15, -0.1) is 0 Å². The van der Waals surface area contributed by atoms with Crippen molar-refractivity contribution >= 4 is 29.8 Å². The maximum absolute atomic E-state index is 13.5. The normalized spacial score (nSPS) is 12.1. The highest BCUT2D eigenvalue weighted by Gasteiger charge is 2.26. The van der Waals surface area contributed by atoms with Gasteiger partial charge >= 0.3 is 5.97 Å². The van der Waals surface area contributed by atoms with Crippen molar-refractivity contribution in [2.75, 3.05) is 39.7 Å². The third-order valence-corrected chi connectivity index (χ3v) is 7.22. The summed E-state index contributed by atoms with van der Waals surface area (Å²) in [6, 6.07) is 20.0. The minimum atomic E-state index is -1.05. The van der Waals surface area contributed by atoms with Crippen molar-refractivity contribution in [3.05, 3.63) is 102 Å². The van der Waals surface area contributed by atoms with E-state index in [1.54, 1.807) is 43.3 Å². The molecule has 11 nitrogen and oxygen atoms in total. The van der Waals surface area contributed by atoms with E-state index >= 15 is 0 Å². The first-order valence-corrected chi connectivity index (χ1v) is 14.9. The molecule has 3 rings (SSSR count). The minimum absolute atomic E-state index is 0.0261. The van der Waals surface area contributed by atoms with Gasteiger partial charge in [0.2, 0.25) is 11.8 Å². The van der Waals surface area contributed by atoms with Gasteiger partial charge in [-0.1, -0.05) is 48.5 Å². The summed E-state index contributed by atoms with van der Waals surface area (Å²) in [4.78, 5) is 51.9. The van der Waals surface area contributed by atoms with Crippen LogP contribution < -0.4 is 25.8 Å². The molecule has 244 valence electrons. The standard InChI is InChI=1S/C35H42N4O7/c1-37-28-13-17-32(27(22-28)24-40)46-20-8-7-19-39(23-26-11-14-29(44-2)15-12-26)33(41)18-16-31(35(43)45-3)38-34(42)30(36)21-25-9-5-4-6-10-25/h4-15,17,22,24,30-31,37H,16,18-21,23,36H2,1-3H3,(H,38,42). The molecule has 2 unspecified atom stereocenters. The molecule has 0 bridgehead atoms. The Bertz CT molecular complexity index is 1460. The molecule has 0 saturated heterocycles. The lowest BCUT2D eigenvalue weighted by molar-refractivity contribution is -0.145. The van der Waals surface area contributed by atoms with Gasteiger partial charge in [-0.3, -0.25) is 14.4 Å². The van der Waals surface area contributed by atoms with E-state index in [2.05, 4.69) is 10.6 Å². The lowest BCUT2D eigenvalue weighted by Gasteiger charge is -2.24. The predicted molar refractivity (Wildman–Crippen MR) is 176 cm³/mol. The quantitative estimate of drug-likeness (QED) is 0.109. The van der Waals surface area contributed by atoms with Gasteiger partial charge in [-0.05, 0) is 60.4 Å². The second-order valence-corrected chi connectivity index (χ2v) is 10.4. The fourth-order valence-electron chi connectivity index (χ4n) is 4.60. The van der Waals surface area contributed by atoms with Crippen LogP contribution in [0.1, 0.15) is 34.3 Å². The number of carbonyl (C=O) groups is 4. The zero-order valence-corrected chi connectivity index (χ0v) is 26.4. The van der Waals surface area contributed by atoms with Crippen LogP contribution in [0.25, 0.3) is 0 Å². The maximum atomic E-state index is 13.5. The third kappa shape index (κ3) is 11.1. The number of nitrogens with zero attached hydrogens (tertiary/aromatic N) is 1. The van der Waals surface area contributed by atoms with Crippen molar-refractivity contribution in [1.82, 2.24) is 10.2 Å². The van der Waals surface area contributed by atoms with Crippen molar-refractivity contribution in [3.63, 3.8) is 0 Å². The molecule has 0 radical (unpaired) electrons. The zero-order valence-electron chi connectivity index (χ0n) is 26.4. The number of hydrogen-bond acceptors (Lipinski definition) is 9. The van der Waals surface area contributed by atoms with E-state index in [4.69, 9.17) is 19.9 Å². The SMILES string of the molecule is CNc1ccc(OCC=CCN(Cc2ccc(OC)cc2)C(=O)CCC(NC(=O)C(N)Cc2ccccc2)C(=O)OC)c(C=O)c1. The van der Waals surface area contributed by atoms with Crippen LogP contribution in [0.4, 0.5) is 5.69 Å². The van der Waals surface area contributed by atoms with Gasteiger partial charge in [0.05, 0.1) is 25.8 Å². The number of amides is 2. The van der Waals surface area contributed by atoms with Crippen LogP contribution in [-0.2, 0) is 32.1 Å². The molecular weight excluding hydrogens is 588 g/mol. The summed E-state index contributed by atoms with van der Waals surface area (Å²) in [5, 5.41) is 5.63. The van der Waals surface area contributed by atoms with Crippen LogP contribution in [0.5, 0.6) is 11.5 Å². The summed E-state index contributed by atoms with van der Waals surface area (Å²) in [7, 11) is 4.57. The molecule has 0 aliphatic rings. The van der Waals surface area contributed by atoms with Gasteiger partial charge < -0.3 is 35.5 Å². The summed E-state index contributed by atoms with van der Waals surface area (Å²) in [6.45, 7) is 0.737. The van der Waals surface area contributed by atoms with Crippen molar-refractivity contribution in [2.45, 2.75) is 37.9 Å². The van der Waals surface area contributed by atoms with E-state index in [9.17, 15) is 19.2 Å². The second-order valence-electron chi connectivity index (χ2n) is 10.4. The Morgan fingerprint density at radius 2 is 1.70 bits per heavy atom. The van der Waals surface area contributed by atoms with E-state index in [0.717, 1.165) is 23.1 Å². The Morgan fingerprint density at radius 1 is 0.957 bits per heavy atom. The molecule has 0 spiro atoms. The average molecular weight is 631 g/mol. The molecule has 46 heavy (non-hydrogen) atoms. The highest BCUT2D eigenvalue weighted by atomic mass is 16.5. The van der Waals surface area contributed by atoms with Gasteiger partial charge in [0.15, 0.2) is 6.29 Å². The molecule has 11 heteroatoms. The van der Waals surface area contributed by atoms with Crippen molar-refractivity contribution in [3.8, 4) is 11.5 Å². The Kier molecular flexibility index (Phi) is 14.3. The molecule has 0 aliphatic carbocycles. The molecule has 0 fully saturated rings. The first-order chi connectivity index (χ1) is 22.3. The van der Waals surface area contributed by atoms with E-state index in [0.29, 0.717) is 30.0 Å². The number of hydrogen-bond donors (Lipinski definition) is 3. The Hall–Kier alpha value is -5.16. The lowest BCUT2D eigenvalue weighted by Crippen LogP contribution is -2.49. The molecule has 0 heterocycles. The highest BCUT2D eigenvalue weighted by molar-refractivity contribution is 5.88. The average Bonchev–Trinajstić information content (AvgIpc) is 3.09. The van der Waals surface area contributed by atoms with Crippen LogP contribution in [0.15, 0.2) is 84.9 Å². The molecule has 2 amide bonds. The maximum Gasteiger partial charge on any atom is 0.328 e. The number of rotatable bonds is 18. The zero-order chi connectivity index (χ0) is 33.3. The van der Waals surface area contributed by atoms with Crippen LogP contribution >= 0.6 is 0 Å². The molecular formula is C35H42N4O7. The predicted octanol–water partition coefficient (Wildman–Crippen LogP) is 3.52. The highest BCUT2D eigenvalue weighted by Crippen LogP contribution is 2.21. The second kappa shape index (κ2) is 18.6. The van der Waals surface area contributed by atoms with Gasteiger partial charge in [-0.2, -0.15) is 0 Å². The molecule has 3 aromatic carbocycles. The number of anilines is 1. The number of esters is 1. The Morgan fingerprint density at radius 3 is 2.35 bits per heavy atom. The molecule has 0 aromatic heterocycles. The molecule has 0 saturated carbocycles. The van der Waals surface area contributed by atoms with Gasteiger partial charge in [0.25, 0.3) is 0 Å². The van der Waals surface area contributed by atoms with Crippen LogP contribution in [-0.4, -0.2) is 75.5 Å². The molecule has 0 aliphatic heterocycles. The van der Waals surface area contributed by atoms with Crippen LogP contribution in [0, 0.1) is 0 Å². The monoisotopic (exact) mass is 630 g/mol. The van der Waals surface area contributed by atoms with Crippen molar-refractivity contribution < 1.29 is 33.4 Å². The van der Waals surface area contributed by atoms with Gasteiger partial charge in [0.1, 0.15) is 24.1 Å². The number of nitrogens with two attached hydrogens (primary N) is 1. The van der Waals surface area contributed by atoms with E-state index in [1.807, 2.05) is 60.7 Å². The number of benzene rings is 3. The van der Waals surface area contributed by atoms with E-state index in [-0.39, 0.29) is 31.9 Å². The first-order valence-electron chi connectivity index (χ1n) is 14.9. The van der Waals surface area contributed by atoms with Crippen molar-refractivity contribution in [2.24, 2.45) is 5.73 Å². The van der Waals surface area contributed by atoms with Gasteiger partial charge in [-0.25, -0.2) is 4.79 Å². The van der Waals surface area contributed by atoms with E-state index in [1.165, 1.54) is 7.11 Å². The summed E-state index contributed by atoms with van der Waals surface area (Å²) in [5.74, 6) is -0.265. The lowest BCUT2D eigenvalue weighted by atomic mass is 10.0. The largest absolute Gasteiger partial charge is 0.497 e. The molecule has 2 atom stereocenters. The number of ether oxygens (including phenoxy) is 3. The van der Waals surface area contributed by atoms with Crippen LogP contribution in [0.3, 0.4) is 0 Å². The fourth-order valence-corrected chi connectivity index (χ4v) is 4.60. The smallest absolute Gasteiger partial charge is 0.328 e. The molecule has 3 aromatic rings. The van der Waals surface area contributed by atoms with Gasteiger partial charge in [0, 0.05) is 32.2 Å². The summed E-state index contributed by atoms with van der Waals surface area (Å²) in [5.41, 5.74) is 9.09. The number of carbonyl (C=O) groups excluding carboxylic acids is 4. The summed E-state index contributed by atoms with van der Waals surface area (Å²) >= 11 is 0. The van der Waals surface area contributed by atoms with Crippen LogP contribution in [0.2, 0.25) is 0 Å². The minimum Gasteiger partial charge on any atom is -0.497 e. The molecule has 4 N–H and O–H groups in total. The third-order valence-electron chi connectivity index (χ3n) is 7.22. The summed E-state index contributed by atoms with van der Waals surface area (Å²) < 4.78 is 15.9. The Labute approximate surface area is 269 Å². The summed E-state index contributed by atoms with van der Waals surface area (Å²) in [6.07, 6.45) is 4.58. The Balaban J connectivity index is 1.65. The number of aldehydes is 1. The number of nitrogens with one attached hydrogen (secondary N) is 2. The van der Waals surface area contributed by atoms with Crippen molar-refractivity contribution in [1.29, 1.82) is 0 Å². The topological polar surface area (TPSA) is 149 Å². The first kappa shape index (κ1) is 35.3.